The van der Waals surface area contributed by atoms with Crippen molar-refractivity contribution in [2.45, 2.75) is 13.8 Å². The number of carbonyl (C=O) groups is 2. The topological polar surface area (TPSA) is 62.3 Å². The van der Waals surface area contributed by atoms with Gasteiger partial charge in [-0.2, -0.15) is 0 Å². The molecule has 6 heteroatoms. The average Bonchev–Trinajstić information content (AvgIpc) is 3.10. The van der Waals surface area contributed by atoms with Crippen LogP contribution in [0, 0.1) is 13.8 Å². The normalized spacial score (nSPS) is 10.9. The molecule has 0 aliphatic rings. The monoisotopic (exact) mass is 431 g/mol. The Hall–Kier alpha value is -3.51. The van der Waals surface area contributed by atoms with E-state index in [-0.39, 0.29) is 11.8 Å². The number of amides is 2. The Kier molecular flexibility index (Phi) is 7.15. The largest absolute Gasteiger partial charge is 0.330 e. The van der Waals surface area contributed by atoms with E-state index >= 15 is 0 Å². The Balaban J connectivity index is 2.03. The van der Waals surface area contributed by atoms with Crippen LogP contribution >= 0.6 is 11.3 Å². The number of aromatic nitrogens is 1. The van der Waals surface area contributed by atoms with Gasteiger partial charge in [0, 0.05) is 30.2 Å². The number of benzene rings is 1. The molecule has 0 unspecified atom stereocenters. The van der Waals surface area contributed by atoms with Crippen molar-refractivity contribution in [3.63, 3.8) is 0 Å². The smallest absolute Gasteiger partial charge is 0.266 e. The lowest BCUT2D eigenvalue weighted by molar-refractivity contribution is -0.111. The van der Waals surface area contributed by atoms with Gasteiger partial charge in [-0.3, -0.25) is 9.59 Å². The number of nitrogens with zero attached hydrogens (tertiary/aromatic N) is 2. The first kappa shape index (κ1) is 22.2. The second-order valence-electron chi connectivity index (χ2n) is 7.09. The molecule has 0 saturated heterocycles. The minimum absolute atomic E-state index is 0.192. The highest BCUT2D eigenvalue weighted by atomic mass is 32.1. The van der Waals surface area contributed by atoms with E-state index in [1.807, 2.05) is 50.2 Å². The van der Waals surface area contributed by atoms with E-state index < -0.39 is 0 Å². The van der Waals surface area contributed by atoms with Crippen molar-refractivity contribution in [2.24, 2.45) is 0 Å². The summed E-state index contributed by atoms with van der Waals surface area (Å²) in [7, 11) is 0. The number of nitrogens with one attached hydrogen (secondary N) is 1. The molecule has 0 radical (unpaired) electrons. The zero-order valence-electron chi connectivity index (χ0n) is 17.7. The Morgan fingerprint density at radius 3 is 2.45 bits per heavy atom. The summed E-state index contributed by atoms with van der Waals surface area (Å²) in [5.41, 5.74) is 3.23. The van der Waals surface area contributed by atoms with E-state index in [4.69, 9.17) is 0 Å². The maximum Gasteiger partial charge on any atom is 0.266 e. The second-order valence-corrected chi connectivity index (χ2v) is 8.09. The van der Waals surface area contributed by atoms with Crippen LogP contribution in [0.5, 0.6) is 0 Å². The van der Waals surface area contributed by atoms with Gasteiger partial charge in [0.1, 0.15) is 9.71 Å². The van der Waals surface area contributed by atoms with Crippen LogP contribution in [-0.2, 0) is 4.79 Å². The summed E-state index contributed by atoms with van der Waals surface area (Å²) in [5, 5.41) is 3.72. The highest BCUT2D eigenvalue weighted by Gasteiger charge is 2.25. The van der Waals surface area contributed by atoms with Crippen molar-refractivity contribution in [3.8, 4) is 0 Å². The van der Waals surface area contributed by atoms with Crippen LogP contribution in [0.25, 0.3) is 16.3 Å². The van der Waals surface area contributed by atoms with Gasteiger partial charge in [-0.15, -0.1) is 24.5 Å². The van der Waals surface area contributed by atoms with Gasteiger partial charge in [-0.25, -0.2) is 4.98 Å². The van der Waals surface area contributed by atoms with Crippen LogP contribution in [0.15, 0.2) is 67.8 Å². The van der Waals surface area contributed by atoms with Crippen molar-refractivity contribution in [1.29, 1.82) is 0 Å². The van der Waals surface area contributed by atoms with E-state index in [1.54, 1.807) is 23.1 Å². The number of fused-ring (bicyclic) bond motifs is 1. The number of hydrogen-bond acceptors (Lipinski definition) is 4. The van der Waals surface area contributed by atoms with E-state index in [1.165, 1.54) is 17.4 Å². The molecule has 5 nitrogen and oxygen atoms in total. The molecule has 3 rings (SSSR count). The molecule has 31 heavy (non-hydrogen) atoms. The summed E-state index contributed by atoms with van der Waals surface area (Å²) in [6.07, 6.45) is 6.55. The summed E-state index contributed by atoms with van der Waals surface area (Å²) < 4.78 is 0. The molecule has 0 bridgehead atoms. The van der Waals surface area contributed by atoms with Crippen LogP contribution < -0.4 is 5.32 Å². The standard InChI is InChI=1S/C25H25N3O2S/c1-5-14-28(15-6-2)25(30)23-22(21-17(3)16-18(4)26-24(21)31-23)27-20(29)13-12-19-10-8-7-9-11-19/h5-13,16H,1-2,14-15H2,3-4H3,(H,27,29)/b13-12+. The van der Waals surface area contributed by atoms with Crippen molar-refractivity contribution >= 4 is 45.1 Å². The highest BCUT2D eigenvalue weighted by Crippen LogP contribution is 2.38. The first-order valence-electron chi connectivity index (χ1n) is 9.90. The molecule has 2 aromatic heterocycles. The molecular weight excluding hydrogens is 406 g/mol. The van der Waals surface area contributed by atoms with E-state index in [2.05, 4.69) is 23.5 Å². The summed E-state index contributed by atoms with van der Waals surface area (Å²) >= 11 is 1.29. The number of thiophene rings is 1. The molecule has 0 spiro atoms. The van der Waals surface area contributed by atoms with Crippen molar-refractivity contribution in [1.82, 2.24) is 9.88 Å². The molecular formula is C25H25N3O2S. The van der Waals surface area contributed by atoms with E-state index in [9.17, 15) is 9.59 Å². The quantitative estimate of drug-likeness (QED) is 0.385. The molecule has 0 aliphatic carbocycles. The zero-order valence-corrected chi connectivity index (χ0v) is 18.5. The minimum atomic E-state index is -0.309. The van der Waals surface area contributed by atoms with Gasteiger partial charge < -0.3 is 10.2 Å². The molecule has 2 amide bonds. The zero-order chi connectivity index (χ0) is 22.4. The Morgan fingerprint density at radius 1 is 1.13 bits per heavy atom. The van der Waals surface area contributed by atoms with Crippen LogP contribution in [0.3, 0.4) is 0 Å². The predicted molar refractivity (Wildman–Crippen MR) is 129 cm³/mol. The van der Waals surface area contributed by atoms with Gasteiger partial charge in [-0.05, 0) is 37.1 Å². The van der Waals surface area contributed by atoms with Gasteiger partial charge >= 0.3 is 0 Å². The van der Waals surface area contributed by atoms with Crippen molar-refractivity contribution in [2.75, 3.05) is 18.4 Å². The average molecular weight is 432 g/mol. The predicted octanol–water partition coefficient (Wildman–Crippen LogP) is 5.38. The lowest BCUT2D eigenvalue weighted by atomic mass is 10.1. The number of anilines is 1. The van der Waals surface area contributed by atoms with Crippen LogP contribution in [0.4, 0.5) is 5.69 Å². The lowest BCUT2D eigenvalue weighted by Gasteiger charge is -2.19. The third kappa shape index (κ3) is 5.16. The molecule has 2 heterocycles. The minimum Gasteiger partial charge on any atom is -0.330 e. The first-order chi connectivity index (χ1) is 14.9. The summed E-state index contributed by atoms with van der Waals surface area (Å²) in [6.45, 7) is 12.1. The van der Waals surface area contributed by atoms with E-state index in [0.29, 0.717) is 23.7 Å². The number of hydrogen-bond donors (Lipinski definition) is 1. The van der Waals surface area contributed by atoms with Crippen LogP contribution in [-0.4, -0.2) is 34.8 Å². The van der Waals surface area contributed by atoms with E-state index in [0.717, 1.165) is 27.0 Å². The molecule has 0 saturated carbocycles. The molecule has 1 aromatic carbocycles. The summed E-state index contributed by atoms with van der Waals surface area (Å²) in [5.74, 6) is -0.501. The van der Waals surface area contributed by atoms with Gasteiger partial charge in [-0.1, -0.05) is 42.5 Å². The van der Waals surface area contributed by atoms with Crippen molar-refractivity contribution in [3.05, 3.63) is 89.5 Å². The molecule has 3 aromatic rings. The maximum absolute atomic E-state index is 13.3. The number of aryl methyl sites for hydroxylation is 2. The summed E-state index contributed by atoms with van der Waals surface area (Å²) in [6, 6.07) is 11.5. The third-order valence-electron chi connectivity index (χ3n) is 4.64. The Morgan fingerprint density at radius 2 is 1.81 bits per heavy atom. The molecule has 0 aliphatic heterocycles. The maximum atomic E-state index is 13.3. The van der Waals surface area contributed by atoms with Gasteiger partial charge in [0.05, 0.1) is 5.69 Å². The third-order valence-corrected chi connectivity index (χ3v) is 5.71. The summed E-state index contributed by atoms with van der Waals surface area (Å²) in [4.78, 5) is 33.4. The second kappa shape index (κ2) is 10.00. The van der Waals surface area contributed by atoms with Crippen LogP contribution in [0.1, 0.15) is 26.5 Å². The SMILES string of the molecule is C=CCN(CC=C)C(=O)c1sc2nc(C)cc(C)c2c1NC(=O)/C=C/c1ccccc1. The number of carbonyl (C=O) groups excluding carboxylic acids is 2. The fourth-order valence-electron chi connectivity index (χ4n) is 3.31. The highest BCUT2D eigenvalue weighted by molar-refractivity contribution is 7.21. The number of rotatable bonds is 8. The van der Waals surface area contributed by atoms with Gasteiger partial charge in [0.25, 0.3) is 5.91 Å². The Labute approximate surface area is 186 Å². The number of pyridine rings is 1. The first-order valence-corrected chi connectivity index (χ1v) is 10.7. The molecule has 158 valence electrons. The molecule has 0 fully saturated rings. The Bertz CT molecular complexity index is 1150. The fraction of sp³-hybridized carbons (Fsp3) is 0.160. The molecule has 0 atom stereocenters. The fourth-order valence-corrected chi connectivity index (χ4v) is 4.53. The van der Waals surface area contributed by atoms with Crippen molar-refractivity contribution < 1.29 is 9.59 Å². The lowest BCUT2D eigenvalue weighted by Crippen LogP contribution is -2.31. The van der Waals surface area contributed by atoms with Gasteiger partial charge in [0.2, 0.25) is 5.91 Å². The molecule has 1 N–H and O–H groups in total. The van der Waals surface area contributed by atoms with Gasteiger partial charge in [0.15, 0.2) is 0 Å². The van der Waals surface area contributed by atoms with Crippen LogP contribution in [0.2, 0.25) is 0 Å².